The third kappa shape index (κ3) is 7.79. The molecule has 0 unspecified atom stereocenters. The summed E-state index contributed by atoms with van der Waals surface area (Å²) < 4.78 is 2.86. The predicted molar refractivity (Wildman–Crippen MR) is 347 cm³/mol. The summed E-state index contributed by atoms with van der Waals surface area (Å²) in [5, 5.41) is 1.39. The van der Waals surface area contributed by atoms with Gasteiger partial charge in [0.05, 0.1) is 17.1 Å². The van der Waals surface area contributed by atoms with E-state index >= 15 is 0 Å². The molecule has 402 valence electrons. The Labute approximate surface area is 481 Å². The van der Waals surface area contributed by atoms with E-state index in [1.807, 2.05) is 0 Å². The number of benzene rings is 8. The van der Waals surface area contributed by atoms with Gasteiger partial charge < -0.3 is 14.7 Å². The monoisotopic (exact) mass is 1060 g/mol. The molecule has 5 heteroatoms. The third-order valence-electron chi connectivity index (χ3n) is 20.3. The van der Waals surface area contributed by atoms with Crippen LogP contribution < -0.4 is 30.4 Å². The minimum atomic E-state index is -0.0569. The fraction of sp³-hybridized carbons (Fsp3) is 0.333. The first-order valence-electron chi connectivity index (χ1n) is 29.8. The summed E-state index contributed by atoms with van der Waals surface area (Å²) in [5.41, 5.74) is 26.6. The van der Waals surface area contributed by atoms with Crippen molar-refractivity contribution in [2.45, 2.75) is 161 Å². The molecule has 1 fully saturated rings. The largest absolute Gasteiger partial charge is 0.311 e. The molecule has 1 saturated carbocycles. The fourth-order valence-electron chi connectivity index (χ4n) is 15.1. The van der Waals surface area contributed by atoms with Crippen molar-refractivity contribution in [1.29, 1.82) is 0 Å². The number of nitrogens with zero attached hydrogens (tertiary/aromatic N) is 3. The van der Waals surface area contributed by atoms with E-state index in [9.17, 15) is 0 Å². The lowest BCUT2D eigenvalue weighted by atomic mass is 9.35. The normalized spacial score (nSPS) is 20.2. The van der Waals surface area contributed by atoms with Crippen LogP contribution in [0.5, 0.6) is 0 Å². The van der Waals surface area contributed by atoms with Gasteiger partial charge in [0.25, 0.3) is 6.71 Å². The molecule has 1 aromatic heterocycles. The van der Waals surface area contributed by atoms with Gasteiger partial charge in [0.15, 0.2) is 0 Å². The van der Waals surface area contributed by atoms with Crippen LogP contribution in [0, 0.1) is 6.92 Å². The summed E-state index contributed by atoms with van der Waals surface area (Å²) in [6, 6.07) is 64.3. The summed E-state index contributed by atoms with van der Waals surface area (Å²) >= 11 is 2.08. The molecule has 0 radical (unpaired) electrons. The Kier molecular flexibility index (Phi) is 11.3. The second-order valence-electron chi connectivity index (χ2n) is 28.7. The van der Waals surface area contributed by atoms with E-state index in [0.717, 1.165) is 24.2 Å². The molecular weight excluding hydrogens is 986 g/mol. The first kappa shape index (κ1) is 51.3. The molecule has 0 spiro atoms. The summed E-state index contributed by atoms with van der Waals surface area (Å²) in [7, 11) is 0. The number of hydrogen-bond donors (Lipinski definition) is 0. The highest BCUT2D eigenvalue weighted by Gasteiger charge is 2.51. The zero-order valence-electron chi connectivity index (χ0n) is 49.7. The lowest BCUT2D eigenvalue weighted by molar-refractivity contribution is 0.188. The van der Waals surface area contributed by atoms with Crippen molar-refractivity contribution in [2.24, 2.45) is 0 Å². The second kappa shape index (κ2) is 17.6. The average molecular weight is 1060 g/mol. The number of para-hydroxylation sites is 2. The van der Waals surface area contributed by atoms with Gasteiger partial charge in [-0.15, -0.1) is 11.3 Å². The van der Waals surface area contributed by atoms with Gasteiger partial charge in [0, 0.05) is 54.6 Å². The highest BCUT2D eigenvalue weighted by atomic mass is 32.1. The lowest BCUT2D eigenvalue weighted by Gasteiger charge is -2.52. The topological polar surface area (TPSA) is 9.72 Å². The van der Waals surface area contributed by atoms with E-state index < -0.39 is 0 Å². The molecule has 0 amide bonds. The summed E-state index contributed by atoms with van der Waals surface area (Å²) in [4.78, 5) is 8.00. The molecule has 0 N–H and O–H groups in total. The lowest BCUT2D eigenvalue weighted by Crippen LogP contribution is -2.61. The first-order chi connectivity index (χ1) is 38.0. The maximum Gasteiger partial charge on any atom is 0.264 e. The highest BCUT2D eigenvalue weighted by molar-refractivity contribution is 7.33. The maximum absolute atomic E-state index is 2.74. The predicted octanol–water partition coefficient (Wildman–Crippen LogP) is 19.5. The van der Waals surface area contributed by atoms with E-state index in [1.54, 1.807) is 11.1 Å². The number of aryl methyl sites for hydroxylation is 1. The average Bonchev–Trinajstić information content (AvgIpc) is 3.88. The fourth-order valence-corrected chi connectivity index (χ4v) is 16.4. The molecule has 2 bridgehead atoms. The van der Waals surface area contributed by atoms with Gasteiger partial charge in [0.1, 0.15) is 0 Å². The standard InChI is InChI=1S/C75H78BN3S/c1-47-22-20-21-27-61(47)77(51-25-18-15-19-26-51)53-41-64-67-65(42-53)79(62-33-30-50(71(5,6)7)40-54(62)48-23-16-14-17-24-48)63-45-57-56(72(8,9)34-35-73(57,10)11)44-60(63)76(67)69-68(78(64)52-31-28-49(29-32-52)70(2,3)4)55-43-58-59(46-66(55)80-69)75(13)38-36-74(58,12)37-39-75/h14-33,40-46H,34-39H2,1-13H3. The van der Waals surface area contributed by atoms with Gasteiger partial charge in [-0.1, -0.05) is 174 Å². The van der Waals surface area contributed by atoms with E-state index in [1.165, 1.54) is 130 Å². The highest BCUT2D eigenvalue weighted by Crippen LogP contribution is 2.60. The van der Waals surface area contributed by atoms with Crippen LogP contribution in [0.15, 0.2) is 164 Å². The minimum absolute atomic E-state index is 0.00317. The van der Waals surface area contributed by atoms with Gasteiger partial charge in [-0.25, -0.2) is 0 Å². The summed E-state index contributed by atoms with van der Waals surface area (Å²) in [6.45, 7) is 31.5. The Hall–Kier alpha value is -6.82. The van der Waals surface area contributed by atoms with Gasteiger partial charge >= 0.3 is 0 Å². The molecule has 9 aromatic rings. The Morgan fingerprint density at radius 1 is 0.487 bits per heavy atom. The molecule has 80 heavy (non-hydrogen) atoms. The van der Waals surface area contributed by atoms with Crippen LogP contribution in [-0.2, 0) is 32.5 Å². The minimum Gasteiger partial charge on any atom is -0.311 e. The van der Waals surface area contributed by atoms with Gasteiger partial charge in [-0.2, -0.15) is 0 Å². The molecule has 15 rings (SSSR count). The van der Waals surface area contributed by atoms with E-state index in [4.69, 9.17) is 0 Å². The van der Waals surface area contributed by atoms with Crippen LogP contribution in [0.4, 0.5) is 51.2 Å². The molecule has 0 atom stereocenters. The number of rotatable bonds is 6. The number of hydrogen-bond acceptors (Lipinski definition) is 4. The van der Waals surface area contributed by atoms with Crippen molar-refractivity contribution < 1.29 is 0 Å². The van der Waals surface area contributed by atoms with Crippen LogP contribution >= 0.6 is 11.3 Å². The molecule has 4 aliphatic carbocycles. The number of fused-ring (bicyclic) bond motifs is 9. The van der Waals surface area contributed by atoms with Crippen LogP contribution in [0.1, 0.15) is 161 Å². The van der Waals surface area contributed by atoms with Crippen molar-refractivity contribution in [3.05, 3.63) is 203 Å². The van der Waals surface area contributed by atoms with Crippen molar-refractivity contribution in [3.8, 4) is 11.1 Å². The van der Waals surface area contributed by atoms with Gasteiger partial charge in [0.2, 0.25) is 0 Å². The quantitative estimate of drug-likeness (QED) is 0.154. The van der Waals surface area contributed by atoms with Crippen molar-refractivity contribution >= 4 is 95.0 Å². The third-order valence-corrected chi connectivity index (χ3v) is 21.5. The van der Waals surface area contributed by atoms with Gasteiger partial charge in [-0.3, -0.25) is 0 Å². The van der Waals surface area contributed by atoms with Crippen LogP contribution in [-0.4, -0.2) is 6.71 Å². The molecule has 0 saturated heterocycles. The zero-order chi connectivity index (χ0) is 55.6. The Morgan fingerprint density at radius 2 is 1.05 bits per heavy atom. The van der Waals surface area contributed by atoms with Crippen LogP contribution in [0.2, 0.25) is 0 Å². The molecular formula is C75H78BN3S. The molecule has 2 aliphatic heterocycles. The van der Waals surface area contributed by atoms with E-state index in [-0.39, 0.29) is 39.2 Å². The second-order valence-corrected chi connectivity index (χ2v) is 29.7. The molecule has 6 aliphatic rings. The first-order valence-corrected chi connectivity index (χ1v) is 30.6. The smallest absolute Gasteiger partial charge is 0.264 e. The SMILES string of the molecule is Cc1ccccc1N(c1ccccc1)c1cc2c3c(c1)N(c1ccc(C(C)(C)C)cc1)c1c(sc4cc5c(cc14)C1(C)CCC5(C)CC1)B3c1cc3c(cc1N2c1ccc(C(C)(C)C)cc1-c1ccccc1)C(C)(C)CCC3(C)C. The van der Waals surface area contributed by atoms with Crippen molar-refractivity contribution in [2.75, 3.05) is 14.7 Å². The Morgan fingerprint density at radius 3 is 1.68 bits per heavy atom. The Bertz CT molecular complexity index is 3970. The Balaban J connectivity index is 1.17. The molecule has 3 heterocycles. The summed E-state index contributed by atoms with van der Waals surface area (Å²) in [5.74, 6) is 0. The van der Waals surface area contributed by atoms with Crippen LogP contribution in [0.25, 0.3) is 21.2 Å². The van der Waals surface area contributed by atoms with E-state index in [2.05, 4.69) is 280 Å². The van der Waals surface area contributed by atoms with Crippen molar-refractivity contribution in [3.63, 3.8) is 0 Å². The maximum atomic E-state index is 2.74. The number of thiophene rings is 1. The zero-order valence-corrected chi connectivity index (χ0v) is 50.5. The molecule has 8 aromatic carbocycles. The number of anilines is 9. The van der Waals surface area contributed by atoms with E-state index in [0.29, 0.717) is 0 Å². The summed E-state index contributed by atoms with van der Waals surface area (Å²) in [6.07, 6.45) is 7.33. The van der Waals surface area contributed by atoms with Crippen molar-refractivity contribution in [1.82, 2.24) is 0 Å². The molecule has 3 nitrogen and oxygen atoms in total. The van der Waals surface area contributed by atoms with Gasteiger partial charge in [-0.05, 0) is 206 Å². The van der Waals surface area contributed by atoms with Crippen LogP contribution in [0.3, 0.4) is 0 Å².